The number of phenolic OH excluding ortho intramolecular Hbond substituents is 2. The molecular formula is C15H15N3O2S. The number of hydrazone groups is 1. The number of hydrogen-bond donors (Lipinski definition) is 4. The maximum atomic E-state index is 9.35. The highest BCUT2D eigenvalue weighted by molar-refractivity contribution is 7.80. The molecule has 0 saturated carbocycles. The van der Waals surface area contributed by atoms with Crippen LogP contribution in [-0.2, 0) is 6.54 Å². The lowest BCUT2D eigenvalue weighted by molar-refractivity contribution is 0.403. The third-order valence-corrected chi connectivity index (χ3v) is 2.91. The van der Waals surface area contributed by atoms with Gasteiger partial charge in [-0.3, -0.25) is 5.43 Å². The fraction of sp³-hybridized carbons (Fsp3) is 0.0667. The number of phenols is 2. The van der Waals surface area contributed by atoms with Crippen LogP contribution in [0.25, 0.3) is 0 Å². The summed E-state index contributed by atoms with van der Waals surface area (Å²) >= 11 is 5.09. The Labute approximate surface area is 127 Å². The van der Waals surface area contributed by atoms with E-state index in [1.54, 1.807) is 6.07 Å². The molecule has 0 fully saturated rings. The summed E-state index contributed by atoms with van der Waals surface area (Å²) < 4.78 is 0. The molecule has 0 aliphatic heterocycles. The summed E-state index contributed by atoms with van der Waals surface area (Å²) in [5, 5.41) is 25.9. The Bertz CT molecular complexity index is 645. The molecule has 0 radical (unpaired) electrons. The average molecular weight is 301 g/mol. The van der Waals surface area contributed by atoms with Gasteiger partial charge >= 0.3 is 0 Å². The standard InChI is InChI=1S/C15H15N3O2S/c19-13-7-6-12(8-14(13)20)10-17-18-15(21)16-9-11-4-2-1-3-5-11/h1-8,10,19-20H,9H2,(H2,16,18,21)/b17-10+. The predicted molar refractivity (Wildman–Crippen MR) is 86.4 cm³/mol. The van der Waals surface area contributed by atoms with E-state index in [0.29, 0.717) is 17.2 Å². The fourth-order valence-corrected chi connectivity index (χ4v) is 1.73. The van der Waals surface area contributed by atoms with E-state index in [1.807, 2.05) is 30.3 Å². The predicted octanol–water partition coefficient (Wildman–Crippen LogP) is 2.10. The number of nitrogens with zero attached hydrogens (tertiary/aromatic N) is 1. The lowest BCUT2D eigenvalue weighted by Crippen LogP contribution is -2.31. The molecule has 0 heterocycles. The number of rotatable bonds is 4. The Morgan fingerprint density at radius 1 is 1.10 bits per heavy atom. The van der Waals surface area contributed by atoms with Gasteiger partial charge in [-0.15, -0.1) is 0 Å². The van der Waals surface area contributed by atoms with E-state index in [-0.39, 0.29) is 11.5 Å². The first-order valence-electron chi connectivity index (χ1n) is 6.28. The van der Waals surface area contributed by atoms with Crippen molar-refractivity contribution >= 4 is 23.5 Å². The van der Waals surface area contributed by atoms with Gasteiger partial charge in [0.2, 0.25) is 0 Å². The average Bonchev–Trinajstić information content (AvgIpc) is 2.50. The first kappa shape index (κ1) is 14.8. The van der Waals surface area contributed by atoms with Crippen molar-refractivity contribution in [2.24, 2.45) is 5.10 Å². The molecule has 0 spiro atoms. The van der Waals surface area contributed by atoms with Gasteiger partial charge in [-0.2, -0.15) is 5.10 Å². The highest BCUT2D eigenvalue weighted by Gasteiger charge is 1.98. The molecule has 2 aromatic carbocycles. The quantitative estimate of drug-likeness (QED) is 0.301. The van der Waals surface area contributed by atoms with Gasteiger partial charge in [0.15, 0.2) is 16.6 Å². The van der Waals surface area contributed by atoms with Gasteiger partial charge in [0.1, 0.15) is 0 Å². The summed E-state index contributed by atoms with van der Waals surface area (Å²) in [6, 6.07) is 14.3. The van der Waals surface area contributed by atoms with Gasteiger partial charge in [0.25, 0.3) is 0 Å². The van der Waals surface area contributed by atoms with Gasteiger partial charge in [-0.25, -0.2) is 0 Å². The van der Waals surface area contributed by atoms with Crippen LogP contribution in [-0.4, -0.2) is 21.5 Å². The molecule has 0 saturated heterocycles. The van der Waals surface area contributed by atoms with Crippen LogP contribution in [0.15, 0.2) is 53.6 Å². The highest BCUT2D eigenvalue weighted by Crippen LogP contribution is 2.23. The summed E-state index contributed by atoms with van der Waals surface area (Å²) in [6.45, 7) is 0.613. The molecule has 0 aromatic heterocycles. The topological polar surface area (TPSA) is 76.9 Å². The molecular weight excluding hydrogens is 286 g/mol. The summed E-state index contributed by atoms with van der Waals surface area (Å²) in [5.41, 5.74) is 4.44. The minimum atomic E-state index is -0.191. The smallest absolute Gasteiger partial charge is 0.187 e. The van der Waals surface area contributed by atoms with Crippen molar-refractivity contribution in [1.82, 2.24) is 10.7 Å². The molecule has 0 aliphatic carbocycles. The number of aromatic hydroxyl groups is 2. The Hall–Kier alpha value is -2.60. The SMILES string of the molecule is Oc1ccc(/C=N/NC(=S)NCc2ccccc2)cc1O. The largest absolute Gasteiger partial charge is 0.504 e. The van der Waals surface area contributed by atoms with Gasteiger partial charge in [-0.1, -0.05) is 30.3 Å². The van der Waals surface area contributed by atoms with Crippen LogP contribution >= 0.6 is 12.2 Å². The number of hydrogen-bond acceptors (Lipinski definition) is 4. The molecule has 0 bridgehead atoms. The second-order valence-corrected chi connectivity index (χ2v) is 4.69. The second-order valence-electron chi connectivity index (χ2n) is 4.29. The van der Waals surface area contributed by atoms with E-state index < -0.39 is 0 Å². The Balaban J connectivity index is 1.80. The molecule has 4 N–H and O–H groups in total. The molecule has 0 unspecified atom stereocenters. The third kappa shape index (κ3) is 4.77. The van der Waals surface area contributed by atoms with E-state index in [0.717, 1.165) is 5.56 Å². The zero-order valence-electron chi connectivity index (χ0n) is 11.2. The number of thiocarbonyl (C=S) groups is 1. The normalized spacial score (nSPS) is 10.5. The monoisotopic (exact) mass is 301 g/mol. The zero-order chi connectivity index (χ0) is 15.1. The van der Waals surface area contributed by atoms with E-state index in [2.05, 4.69) is 15.8 Å². The summed E-state index contributed by atoms with van der Waals surface area (Å²) in [4.78, 5) is 0. The van der Waals surface area contributed by atoms with Gasteiger partial charge in [0.05, 0.1) is 6.21 Å². The molecule has 0 aliphatic rings. The van der Waals surface area contributed by atoms with Crippen molar-refractivity contribution < 1.29 is 10.2 Å². The lowest BCUT2D eigenvalue weighted by atomic mass is 10.2. The molecule has 0 amide bonds. The summed E-state index contributed by atoms with van der Waals surface area (Å²) in [6.07, 6.45) is 1.50. The molecule has 6 heteroatoms. The van der Waals surface area contributed by atoms with Crippen LogP contribution in [0, 0.1) is 0 Å². The minimum absolute atomic E-state index is 0.167. The van der Waals surface area contributed by atoms with Crippen LogP contribution in [0.3, 0.4) is 0 Å². The van der Waals surface area contributed by atoms with Crippen LogP contribution in [0.4, 0.5) is 0 Å². The summed E-state index contributed by atoms with van der Waals surface area (Å²) in [5.74, 6) is -0.358. The lowest BCUT2D eigenvalue weighted by Gasteiger charge is -2.06. The first-order chi connectivity index (χ1) is 10.1. The molecule has 2 rings (SSSR count). The van der Waals surface area contributed by atoms with Crippen LogP contribution < -0.4 is 10.7 Å². The Kier molecular flexibility index (Phi) is 5.11. The fourth-order valence-electron chi connectivity index (χ4n) is 1.60. The summed E-state index contributed by atoms with van der Waals surface area (Å²) in [7, 11) is 0. The van der Waals surface area contributed by atoms with Crippen molar-refractivity contribution in [3.63, 3.8) is 0 Å². The Morgan fingerprint density at radius 2 is 1.86 bits per heavy atom. The van der Waals surface area contributed by atoms with E-state index in [4.69, 9.17) is 12.2 Å². The molecule has 2 aromatic rings. The highest BCUT2D eigenvalue weighted by atomic mass is 32.1. The van der Waals surface area contributed by atoms with Gasteiger partial charge in [0, 0.05) is 6.54 Å². The first-order valence-corrected chi connectivity index (χ1v) is 6.69. The molecule has 5 nitrogen and oxygen atoms in total. The van der Waals surface area contributed by atoms with Crippen molar-refractivity contribution in [3.05, 3.63) is 59.7 Å². The van der Waals surface area contributed by atoms with Crippen molar-refractivity contribution in [1.29, 1.82) is 0 Å². The van der Waals surface area contributed by atoms with Crippen LogP contribution in [0.5, 0.6) is 11.5 Å². The van der Waals surface area contributed by atoms with Crippen molar-refractivity contribution in [3.8, 4) is 11.5 Å². The minimum Gasteiger partial charge on any atom is -0.504 e. The van der Waals surface area contributed by atoms with Gasteiger partial charge < -0.3 is 15.5 Å². The van der Waals surface area contributed by atoms with E-state index >= 15 is 0 Å². The Morgan fingerprint density at radius 3 is 2.57 bits per heavy atom. The van der Waals surface area contributed by atoms with Crippen molar-refractivity contribution in [2.45, 2.75) is 6.54 Å². The molecule has 21 heavy (non-hydrogen) atoms. The van der Waals surface area contributed by atoms with E-state index in [1.165, 1.54) is 18.3 Å². The number of nitrogens with one attached hydrogen (secondary N) is 2. The maximum absolute atomic E-state index is 9.35. The molecule has 108 valence electrons. The second kappa shape index (κ2) is 7.25. The maximum Gasteiger partial charge on any atom is 0.187 e. The van der Waals surface area contributed by atoms with E-state index in [9.17, 15) is 10.2 Å². The molecule has 0 atom stereocenters. The van der Waals surface area contributed by atoms with Gasteiger partial charge in [-0.05, 0) is 41.5 Å². The van der Waals surface area contributed by atoms with Crippen molar-refractivity contribution in [2.75, 3.05) is 0 Å². The van der Waals surface area contributed by atoms with Crippen LogP contribution in [0.2, 0.25) is 0 Å². The number of benzene rings is 2. The zero-order valence-corrected chi connectivity index (χ0v) is 12.0. The van der Waals surface area contributed by atoms with Crippen LogP contribution in [0.1, 0.15) is 11.1 Å². The third-order valence-electron chi connectivity index (χ3n) is 2.68.